The molecule has 3 amide bonds. The smallest absolute Gasteiger partial charge is 0.460 e. The number of phosphoric ester groups is 1. The summed E-state index contributed by atoms with van der Waals surface area (Å²) in [5.41, 5.74) is 2.47. The van der Waals surface area contributed by atoms with Crippen molar-refractivity contribution in [3.05, 3.63) is 76.5 Å². The number of phosphoric acid groups is 1. The number of cyclic esters (lactones) is 1. The summed E-state index contributed by atoms with van der Waals surface area (Å²) in [7, 11) is -2.15. The molecule has 2 aromatic carbocycles. The number of allylic oxidation sites excluding steroid dienone is 1. The monoisotopic (exact) mass is 760 g/mol. The topological polar surface area (TPSA) is 197 Å². The fourth-order valence-electron chi connectivity index (χ4n) is 6.25. The number of nitrogens with zero attached hydrogens (tertiary/aromatic N) is 1. The number of carbonyl (C=O) groups excluding carboxylic acids is 4. The maximum absolute atomic E-state index is 14.5. The molecule has 282 valence electrons. The summed E-state index contributed by atoms with van der Waals surface area (Å²) in [6, 6.07) is 9.21. The number of methoxy groups -OCH3 is 1. The van der Waals surface area contributed by atoms with E-state index in [1.165, 1.54) is 43.3 Å². The number of aromatic amines is 1. The molecule has 0 aliphatic carbocycles. The molecule has 4 rings (SSSR count). The van der Waals surface area contributed by atoms with E-state index in [0.29, 0.717) is 17.5 Å². The van der Waals surface area contributed by atoms with Gasteiger partial charge in [-0.1, -0.05) is 67.4 Å². The third kappa shape index (κ3) is 10.0. The third-order valence-corrected chi connectivity index (χ3v) is 9.99. The quantitative estimate of drug-likeness (QED) is 0.135. The van der Waals surface area contributed by atoms with Gasteiger partial charge in [-0.3, -0.25) is 24.2 Å². The number of nitrogens with one attached hydrogen (secondary N) is 3. The highest BCUT2D eigenvalue weighted by atomic mass is 35.5. The Hall–Kier alpha value is -4.20. The first-order valence-electron chi connectivity index (χ1n) is 16.8. The number of H-pyrrole nitrogens is 1. The van der Waals surface area contributed by atoms with Gasteiger partial charge in [0.05, 0.1) is 6.04 Å². The predicted molar refractivity (Wildman–Crippen MR) is 194 cm³/mol. The van der Waals surface area contributed by atoms with E-state index in [-0.39, 0.29) is 29.1 Å². The molecule has 1 aromatic heterocycles. The van der Waals surface area contributed by atoms with Crippen molar-refractivity contribution in [2.75, 3.05) is 14.2 Å². The molecule has 5 N–H and O–H groups in total. The minimum Gasteiger partial charge on any atom is -0.460 e. The molecule has 0 bridgehead atoms. The number of halogens is 1. The number of esters is 1. The van der Waals surface area contributed by atoms with Crippen molar-refractivity contribution in [2.45, 2.75) is 77.8 Å². The second-order valence-electron chi connectivity index (χ2n) is 13.3. The van der Waals surface area contributed by atoms with Gasteiger partial charge < -0.3 is 34.5 Å². The molecular formula is C36H46ClN4O10P. The number of fused-ring (bicyclic) bond motifs is 1. The maximum atomic E-state index is 14.5. The molecule has 1 aliphatic heterocycles. The molecule has 0 saturated carbocycles. The van der Waals surface area contributed by atoms with Crippen molar-refractivity contribution in [3.8, 4) is 5.75 Å². The number of hydrogen-bond donors (Lipinski definition) is 5. The number of aromatic nitrogens is 1. The third-order valence-electron chi connectivity index (χ3n) is 9.22. The number of likely N-dealkylation sites (N-methyl/N-ethyl adjacent to an activating group) is 1. The summed E-state index contributed by atoms with van der Waals surface area (Å²) in [4.78, 5) is 78.4. The molecule has 0 unspecified atom stereocenters. The van der Waals surface area contributed by atoms with Crippen LogP contribution in [0.4, 0.5) is 0 Å². The zero-order valence-corrected chi connectivity index (χ0v) is 31.7. The van der Waals surface area contributed by atoms with Gasteiger partial charge in [0, 0.05) is 43.3 Å². The number of para-hydroxylation sites is 1. The van der Waals surface area contributed by atoms with E-state index in [0.717, 1.165) is 16.5 Å². The zero-order valence-electron chi connectivity index (χ0n) is 30.1. The Morgan fingerprint density at radius 2 is 1.63 bits per heavy atom. The molecule has 14 nitrogen and oxygen atoms in total. The highest BCUT2D eigenvalue weighted by molar-refractivity contribution is 7.46. The molecule has 0 spiro atoms. The molecular weight excluding hydrogens is 715 g/mol. The lowest BCUT2D eigenvalue weighted by Crippen LogP contribution is -2.56. The Morgan fingerprint density at radius 3 is 2.27 bits per heavy atom. The van der Waals surface area contributed by atoms with Crippen molar-refractivity contribution < 1.29 is 47.5 Å². The first-order valence-corrected chi connectivity index (χ1v) is 18.7. The number of rotatable bonds is 6. The zero-order chi connectivity index (χ0) is 38.5. The normalized spacial score (nSPS) is 27.2. The van der Waals surface area contributed by atoms with Gasteiger partial charge in [0.25, 0.3) is 0 Å². The number of ether oxygens (including phenoxy) is 2. The van der Waals surface area contributed by atoms with Crippen molar-refractivity contribution in [2.24, 2.45) is 11.8 Å². The van der Waals surface area contributed by atoms with E-state index in [1.54, 1.807) is 20.8 Å². The average Bonchev–Trinajstić information content (AvgIpc) is 3.39. The van der Waals surface area contributed by atoms with Crippen LogP contribution in [-0.4, -0.2) is 81.8 Å². The highest BCUT2D eigenvalue weighted by Crippen LogP contribution is 2.38. The van der Waals surface area contributed by atoms with Crippen molar-refractivity contribution in [1.29, 1.82) is 0 Å². The largest absolute Gasteiger partial charge is 0.524 e. The second kappa shape index (κ2) is 17.1. The Labute approximate surface area is 307 Å². The van der Waals surface area contributed by atoms with Crippen LogP contribution >= 0.6 is 19.4 Å². The lowest BCUT2D eigenvalue weighted by molar-refractivity contribution is -0.164. The highest BCUT2D eigenvalue weighted by Gasteiger charge is 2.38. The van der Waals surface area contributed by atoms with Crippen molar-refractivity contribution >= 4 is 54.0 Å². The van der Waals surface area contributed by atoms with Crippen LogP contribution in [0.15, 0.2) is 60.2 Å². The molecule has 0 saturated heterocycles. The molecule has 52 heavy (non-hydrogen) atoms. The van der Waals surface area contributed by atoms with E-state index in [1.807, 2.05) is 44.2 Å². The van der Waals surface area contributed by atoms with Gasteiger partial charge in [-0.2, -0.15) is 0 Å². The summed E-state index contributed by atoms with van der Waals surface area (Å²) in [6.07, 6.45) is 0.194. The van der Waals surface area contributed by atoms with E-state index < -0.39 is 61.9 Å². The fraction of sp³-hybridized carbons (Fsp3) is 0.444. The van der Waals surface area contributed by atoms with Crippen LogP contribution in [0.2, 0.25) is 5.15 Å². The van der Waals surface area contributed by atoms with Gasteiger partial charge in [-0.05, 0) is 56.5 Å². The lowest BCUT2D eigenvalue weighted by atomic mass is 9.95. The minimum atomic E-state index is -4.88. The molecule has 1 aliphatic rings. The molecule has 7 atom stereocenters. The summed E-state index contributed by atoms with van der Waals surface area (Å²) in [5.74, 6) is -3.30. The lowest BCUT2D eigenvalue weighted by Gasteiger charge is -2.33. The van der Waals surface area contributed by atoms with Gasteiger partial charge in [0.1, 0.15) is 29.1 Å². The Bertz CT molecular complexity index is 1860. The van der Waals surface area contributed by atoms with Crippen LogP contribution in [0.5, 0.6) is 5.75 Å². The van der Waals surface area contributed by atoms with Crippen LogP contribution in [0.1, 0.15) is 58.2 Å². The first kappa shape index (κ1) is 40.6. The Balaban J connectivity index is 1.83. The standard InChI is InChI=1S/C36H46ClN4O10P/c1-19-16-20(2)23(5)50-36(45)31(49-7)30(24-12-14-25(15-13-24)51-52(46,47)48)40-34(43)29(18-27-26-10-8-9-11-28(26)39-32(27)37)41(6)35(44)22(4)38-33(42)21(3)17-19/h8-16,20-23,29-31,39H,17-18H2,1-7H3,(H,38,42)(H,40,43)(H2,46,47,48)/b19-16+/t20-,21+,22+,23-,29-,30+,31+/m1/s1. The SMILES string of the molecule is CO[C@@H]1C(=O)O[C@H](C)[C@H](C)/C=C(\C)C[C@H](C)C(=O)N[C@@H](C)C(=O)N(C)[C@H](Cc2c(Cl)[nH]c3ccccc23)C(=O)N[C@H]1c1ccc(OP(=O)(O)O)cc1. The molecule has 0 fully saturated rings. The van der Waals surface area contributed by atoms with Crippen LogP contribution in [0.25, 0.3) is 10.9 Å². The predicted octanol–water partition coefficient (Wildman–Crippen LogP) is 4.59. The van der Waals surface area contributed by atoms with Crippen molar-refractivity contribution in [1.82, 2.24) is 20.5 Å². The summed E-state index contributed by atoms with van der Waals surface area (Å²) in [6.45, 7) is 8.76. The minimum absolute atomic E-state index is 0.0591. The Kier molecular flexibility index (Phi) is 13.3. The van der Waals surface area contributed by atoms with E-state index >= 15 is 0 Å². The molecule has 3 aromatic rings. The van der Waals surface area contributed by atoms with Gasteiger partial charge in [-0.25, -0.2) is 9.36 Å². The van der Waals surface area contributed by atoms with Gasteiger partial charge in [0.2, 0.25) is 17.7 Å². The fourth-order valence-corrected chi connectivity index (χ4v) is 6.93. The van der Waals surface area contributed by atoms with Gasteiger partial charge in [-0.15, -0.1) is 0 Å². The average molecular weight is 761 g/mol. The van der Waals surface area contributed by atoms with Crippen LogP contribution in [-0.2, 0) is 39.6 Å². The first-order chi connectivity index (χ1) is 24.4. The van der Waals surface area contributed by atoms with Gasteiger partial charge in [0.15, 0.2) is 6.10 Å². The summed E-state index contributed by atoms with van der Waals surface area (Å²) in [5, 5.41) is 6.67. The number of hydrogen-bond acceptors (Lipinski definition) is 8. The number of benzene rings is 2. The van der Waals surface area contributed by atoms with E-state index in [4.69, 9.17) is 21.1 Å². The van der Waals surface area contributed by atoms with Crippen LogP contribution in [0, 0.1) is 11.8 Å². The molecule has 16 heteroatoms. The summed E-state index contributed by atoms with van der Waals surface area (Å²) < 4.78 is 27.7. The maximum Gasteiger partial charge on any atom is 0.524 e. The van der Waals surface area contributed by atoms with E-state index in [2.05, 4.69) is 20.1 Å². The van der Waals surface area contributed by atoms with Crippen molar-refractivity contribution in [3.63, 3.8) is 0 Å². The molecule has 2 heterocycles. The number of carbonyl (C=O) groups is 4. The van der Waals surface area contributed by atoms with Crippen LogP contribution < -0.4 is 15.2 Å². The second-order valence-corrected chi connectivity index (χ2v) is 14.8. The molecule has 0 radical (unpaired) electrons. The van der Waals surface area contributed by atoms with Crippen LogP contribution in [0.3, 0.4) is 0 Å². The van der Waals surface area contributed by atoms with Gasteiger partial charge >= 0.3 is 13.8 Å². The van der Waals surface area contributed by atoms with E-state index in [9.17, 15) is 33.5 Å². The summed E-state index contributed by atoms with van der Waals surface area (Å²) >= 11 is 6.65. The number of amides is 3. The Morgan fingerprint density at radius 1 is 0.981 bits per heavy atom.